The molecule has 0 saturated heterocycles. The van der Waals surface area contributed by atoms with Crippen molar-refractivity contribution in [2.75, 3.05) is 5.73 Å². The highest BCUT2D eigenvalue weighted by molar-refractivity contribution is 7.09. The predicted octanol–water partition coefficient (Wildman–Crippen LogP) is 3.92. The molecule has 0 spiro atoms. The monoisotopic (exact) mass is 260 g/mol. The number of hydrogen-bond donors (Lipinski definition) is 1. The second-order valence-electron chi connectivity index (χ2n) is 5.74. The Bertz CT molecular complexity index is 550. The number of nitrogens with zero attached hydrogens (tertiary/aromatic N) is 1. The standard InChI is InChI=1S/C15H20N2S/c1-10-7-11(5-6-12(10)16)8-14-17-13(9-18-14)15(2,3)4/h5-7,9H,8,16H2,1-4H3. The summed E-state index contributed by atoms with van der Waals surface area (Å²) in [5, 5.41) is 3.34. The molecule has 1 aromatic heterocycles. The highest BCUT2D eigenvalue weighted by Crippen LogP contribution is 2.25. The first-order valence-corrected chi connectivity index (χ1v) is 7.04. The Balaban J connectivity index is 2.19. The molecule has 0 radical (unpaired) electrons. The minimum Gasteiger partial charge on any atom is -0.399 e. The van der Waals surface area contributed by atoms with Gasteiger partial charge in [-0.1, -0.05) is 32.9 Å². The van der Waals surface area contributed by atoms with Gasteiger partial charge in [0.2, 0.25) is 0 Å². The minimum atomic E-state index is 0.131. The Morgan fingerprint density at radius 3 is 2.56 bits per heavy atom. The molecule has 0 amide bonds. The number of aromatic nitrogens is 1. The van der Waals surface area contributed by atoms with E-state index < -0.39 is 0 Å². The van der Waals surface area contributed by atoms with Crippen molar-refractivity contribution >= 4 is 17.0 Å². The smallest absolute Gasteiger partial charge is 0.0972 e. The normalized spacial score (nSPS) is 11.8. The number of benzene rings is 1. The number of thiazole rings is 1. The lowest BCUT2D eigenvalue weighted by Crippen LogP contribution is -2.11. The average molecular weight is 260 g/mol. The van der Waals surface area contributed by atoms with Gasteiger partial charge in [-0.05, 0) is 24.1 Å². The lowest BCUT2D eigenvalue weighted by atomic mass is 9.93. The summed E-state index contributed by atoms with van der Waals surface area (Å²) in [5.74, 6) is 0. The first-order chi connectivity index (χ1) is 8.36. The lowest BCUT2D eigenvalue weighted by Gasteiger charge is -2.14. The fourth-order valence-corrected chi connectivity index (χ4v) is 2.81. The van der Waals surface area contributed by atoms with Gasteiger partial charge in [0, 0.05) is 22.9 Å². The van der Waals surface area contributed by atoms with E-state index in [0.717, 1.165) is 17.7 Å². The summed E-state index contributed by atoms with van der Waals surface area (Å²) in [5.41, 5.74) is 10.4. The molecule has 0 atom stereocenters. The summed E-state index contributed by atoms with van der Waals surface area (Å²) in [6, 6.07) is 6.21. The third kappa shape index (κ3) is 2.91. The molecule has 0 bridgehead atoms. The highest BCUT2D eigenvalue weighted by Gasteiger charge is 2.17. The van der Waals surface area contributed by atoms with Gasteiger partial charge in [0.05, 0.1) is 10.7 Å². The van der Waals surface area contributed by atoms with Gasteiger partial charge in [0.15, 0.2) is 0 Å². The fourth-order valence-electron chi connectivity index (χ4n) is 1.76. The molecule has 18 heavy (non-hydrogen) atoms. The number of hydrogen-bond acceptors (Lipinski definition) is 3. The summed E-state index contributed by atoms with van der Waals surface area (Å²) in [6.45, 7) is 8.62. The van der Waals surface area contributed by atoms with Gasteiger partial charge in [-0.2, -0.15) is 0 Å². The third-order valence-electron chi connectivity index (χ3n) is 3.01. The summed E-state index contributed by atoms with van der Waals surface area (Å²) >= 11 is 1.74. The maximum Gasteiger partial charge on any atom is 0.0972 e. The molecular formula is C15H20N2S. The Hall–Kier alpha value is -1.35. The zero-order valence-electron chi connectivity index (χ0n) is 11.4. The van der Waals surface area contributed by atoms with E-state index in [1.165, 1.54) is 16.3 Å². The van der Waals surface area contributed by atoms with Crippen molar-refractivity contribution < 1.29 is 0 Å². The van der Waals surface area contributed by atoms with Crippen molar-refractivity contribution in [3.05, 3.63) is 45.4 Å². The summed E-state index contributed by atoms with van der Waals surface area (Å²) < 4.78 is 0. The number of nitrogens with two attached hydrogens (primary N) is 1. The first-order valence-electron chi connectivity index (χ1n) is 6.16. The summed E-state index contributed by atoms with van der Waals surface area (Å²) in [4.78, 5) is 4.72. The van der Waals surface area contributed by atoms with E-state index in [9.17, 15) is 0 Å². The zero-order valence-corrected chi connectivity index (χ0v) is 12.3. The predicted molar refractivity (Wildman–Crippen MR) is 79.2 cm³/mol. The highest BCUT2D eigenvalue weighted by atomic mass is 32.1. The molecule has 2 N–H and O–H groups in total. The van der Waals surface area contributed by atoms with Crippen LogP contribution in [0.15, 0.2) is 23.6 Å². The van der Waals surface area contributed by atoms with E-state index in [-0.39, 0.29) is 5.41 Å². The largest absolute Gasteiger partial charge is 0.399 e. The van der Waals surface area contributed by atoms with Crippen LogP contribution in [0.4, 0.5) is 5.69 Å². The van der Waals surface area contributed by atoms with Gasteiger partial charge in [0.1, 0.15) is 0 Å². The Morgan fingerprint density at radius 2 is 2.00 bits per heavy atom. The molecule has 96 valence electrons. The van der Waals surface area contributed by atoms with Gasteiger partial charge in [-0.3, -0.25) is 0 Å². The van der Waals surface area contributed by atoms with E-state index in [0.29, 0.717) is 0 Å². The fraction of sp³-hybridized carbons (Fsp3) is 0.400. The van der Waals surface area contributed by atoms with Gasteiger partial charge >= 0.3 is 0 Å². The van der Waals surface area contributed by atoms with Crippen LogP contribution in [0.2, 0.25) is 0 Å². The van der Waals surface area contributed by atoms with Crippen LogP contribution in [-0.4, -0.2) is 4.98 Å². The first kappa shape index (κ1) is 13.1. The van der Waals surface area contributed by atoms with Crippen LogP contribution in [0, 0.1) is 6.92 Å². The number of nitrogen functional groups attached to an aromatic ring is 1. The third-order valence-corrected chi connectivity index (χ3v) is 3.86. The van der Waals surface area contributed by atoms with Crippen molar-refractivity contribution in [1.29, 1.82) is 0 Å². The molecule has 0 aliphatic heterocycles. The number of aryl methyl sites for hydroxylation is 1. The number of anilines is 1. The van der Waals surface area contributed by atoms with Gasteiger partial charge in [-0.15, -0.1) is 11.3 Å². The average Bonchev–Trinajstić information content (AvgIpc) is 2.72. The van der Waals surface area contributed by atoms with Crippen molar-refractivity contribution in [3.63, 3.8) is 0 Å². The Morgan fingerprint density at radius 1 is 1.28 bits per heavy atom. The second kappa shape index (κ2) is 4.73. The van der Waals surface area contributed by atoms with E-state index in [1.54, 1.807) is 11.3 Å². The van der Waals surface area contributed by atoms with Crippen LogP contribution in [0.5, 0.6) is 0 Å². The van der Waals surface area contributed by atoms with E-state index in [4.69, 9.17) is 10.7 Å². The topological polar surface area (TPSA) is 38.9 Å². The van der Waals surface area contributed by atoms with E-state index >= 15 is 0 Å². The quantitative estimate of drug-likeness (QED) is 0.831. The van der Waals surface area contributed by atoms with Crippen molar-refractivity contribution in [2.45, 2.75) is 39.5 Å². The van der Waals surface area contributed by atoms with Gasteiger partial charge < -0.3 is 5.73 Å². The SMILES string of the molecule is Cc1cc(Cc2nc(C(C)(C)C)cs2)ccc1N. The van der Waals surface area contributed by atoms with E-state index in [1.807, 2.05) is 13.0 Å². The molecule has 0 aliphatic rings. The zero-order chi connectivity index (χ0) is 13.3. The summed E-state index contributed by atoms with van der Waals surface area (Å²) in [7, 11) is 0. The molecule has 3 heteroatoms. The van der Waals surface area contributed by atoms with Crippen molar-refractivity contribution in [2.24, 2.45) is 0 Å². The van der Waals surface area contributed by atoms with Crippen molar-refractivity contribution in [3.8, 4) is 0 Å². The van der Waals surface area contributed by atoms with Gasteiger partial charge in [-0.25, -0.2) is 4.98 Å². The molecule has 1 aromatic carbocycles. The van der Waals surface area contributed by atoms with Crippen LogP contribution in [0.3, 0.4) is 0 Å². The van der Waals surface area contributed by atoms with Gasteiger partial charge in [0.25, 0.3) is 0 Å². The molecule has 1 heterocycles. The maximum absolute atomic E-state index is 5.83. The lowest BCUT2D eigenvalue weighted by molar-refractivity contribution is 0.571. The Labute approximate surface area is 113 Å². The molecule has 0 aliphatic carbocycles. The minimum absolute atomic E-state index is 0.131. The van der Waals surface area contributed by atoms with Crippen LogP contribution in [0.25, 0.3) is 0 Å². The second-order valence-corrected chi connectivity index (χ2v) is 6.69. The Kier molecular flexibility index (Phi) is 3.44. The molecule has 2 nitrogen and oxygen atoms in total. The van der Waals surface area contributed by atoms with Crippen LogP contribution < -0.4 is 5.73 Å². The molecule has 0 fully saturated rings. The van der Waals surface area contributed by atoms with Crippen LogP contribution in [0.1, 0.15) is 42.6 Å². The molecule has 0 saturated carbocycles. The molecule has 2 aromatic rings. The number of rotatable bonds is 2. The molecule has 0 unspecified atom stereocenters. The van der Waals surface area contributed by atoms with E-state index in [2.05, 4.69) is 38.3 Å². The summed E-state index contributed by atoms with van der Waals surface area (Å²) in [6.07, 6.45) is 0.891. The maximum atomic E-state index is 5.83. The van der Waals surface area contributed by atoms with Crippen LogP contribution in [-0.2, 0) is 11.8 Å². The molecular weight excluding hydrogens is 240 g/mol. The van der Waals surface area contributed by atoms with Crippen molar-refractivity contribution in [1.82, 2.24) is 4.98 Å². The van der Waals surface area contributed by atoms with Crippen LogP contribution >= 0.6 is 11.3 Å². The molecule has 2 rings (SSSR count).